The molecular formula is C21H32N4O3. The molecule has 1 amide bonds. The molecule has 2 saturated heterocycles. The summed E-state index contributed by atoms with van der Waals surface area (Å²) in [5, 5.41) is 9.85. The number of hydrogen-bond acceptors (Lipinski definition) is 4. The van der Waals surface area contributed by atoms with Gasteiger partial charge >= 0.3 is 5.97 Å². The molecule has 1 unspecified atom stereocenters. The van der Waals surface area contributed by atoms with Crippen molar-refractivity contribution < 1.29 is 14.7 Å². The second-order valence-corrected chi connectivity index (χ2v) is 10.2. The molecule has 3 aliphatic rings. The molecule has 2 N–H and O–H groups in total. The summed E-state index contributed by atoms with van der Waals surface area (Å²) < 4.78 is 0. The minimum Gasteiger partial charge on any atom is -0.481 e. The predicted octanol–water partition coefficient (Wildman–Crippen LogP) is 2.22. The maximum atomic E-state index is 13.1. The number of aliphatic carboxylic acids is 1. The van der Waals surface area contributed by atoms with Crippen LogP contribution >= 0.6 is 0 Å². The fourth-order valence-electron chi connectivity index (χ4n) is 5.80. The fraction of sp³-hybridized carbons (Fsp3) is 0.762. The molecule has 7 nitrogen and oxygen atoms in total. The molecule has 0 aromatic carbocycles. The summed E-state index contributed by atoms with van der Waals surface area (Å²) in [4.78, 5) is 36.6. The number of aromatic amines is 1. The maximum absolute atomic E-state index is 13.1. The highest BCUT2D eigenvalue weighted by molar-refractivity contribution is 5.84. The van der Waals surface area contributed by atoms with Crippen molar-refractivity contribution >= 4 is 11.9 Å². The van der Waals surface area contributed by atoms with E-state index in [-0.39, 0.29) is 34.0 Å². The van der Waals surface area contributed by atoms with Gasteiger partial charge in [-0.1, -0.05) is 27.7 Å². The number of nitrogens with one attached hydrogen (secondary N) is 1. The van der Waals surface area contributed by atoms with E-state index in [2.05, 4.69) is 42.6 Å². The van der Waals surface area contributed by atoms with E-state index >= 15 is 0 Å². The zero-order valence-corrected chi connectivity index (χ0v) is 17.4. The van der Waals surface area contributed by atoms with Crippen LogP contribution in [0.2, 0.25) is 0 Å². The quantitative estimate of drug-likeness (QED) is 0.825. The number of carboxylic acid groups (broad SMARTS) is 1. The summed E-state index contributed by atoms with van der Waals surface area (Å²) >= 11 is 0. The van der Waals surface area contributed by atoms with Crippen LogP contribution in [0.1, 0.15) is 46.4 Å². The molecule has 1 saturated carbocycles. The zero-order valence-electron chi connectivity index (χ0n) is 17.4. The van der Waals surface area contributed by atoms with E-state index in [9.17, 15) is 14.7 Å². The summed E-state index contributed by atoms with van der Waals surface area (Å²) in [6.45, 7) is 12.0. The number of carbonyl (C=O) groups is 2. The molecule has 4 rings (SSSR count). The number of piperidine rings is 1. The number of H-pyrrole nitrogens is 1. The van der Waals surface area contributed by atoms with Gasteiger partial charge in [0, 0.05) is 49.9 Å². The van der Waals surface area contributed by atoms with E-state index in [0.29, 0.717) is 26.2 Å². The number of likely N-dealkylation sites (tertiary alicyclic amines) is 2. The van der Waals surface area contributed by atoms with E-state index in [0.717, 1.165) is 25.2 Å². The van der Waals surface area contributed by atoms with E-state index in [1.807, 2.05) is 4.90 Å². The number of amides is 1. The Morgan fingerprint density at radius 2 is 1.86 bits per heavy atom. The minimum atomic E-state index is -0.716. The Bertz CT molecular complexity index is 749. The van der Waals surface area contributed by atoms with E-state index in [4.69, 9.17) is 0 Å². The van der Waals surface area contributed by atoms with Crippen LogP contribution in [0, 0.1) is 28.1 Å². The second-order valence-electron chi connectivity index (χ2n) is 10.2. The monoisotopic (exact) mass is 388 g/mol. The first kappa shape index (κ1) is 19.4. The van der Waals surface area contributed by atoms with Crippen LogP contribution in [0.25, 0.3) is 0 Å². The molecule has 154 valence electrons. The van der Waals surface area contributed by atoms with Crippen molar-refractivity contribution in [1.29, 1.82) is 0 Å². The lowest BCUT2D eigenvalue weighted by molar-refractivity contribution is -0.146. The Balaban J connectivity index is 1.43. The van der Waals surface area contributed by atoms with Gasteiger partial charge in [0.15, 0.2) is 0 Å². The zero-order chi connectivity index (χ0) is 20.3. The second kappa shape index (κ2) is 6.31. The van der Waals surface area contributed by atoms with Gasteiger partial charge < -0.3 is 15.0 Å². The summed E-state index contributed by atoms with van der Waals surface area (Å²) in [7, 11) is 0. The van der Waals surface area contributed by atoms with Crippen molar-refractivity contribution in [1.82, 2.24) is 19.8 Å². The molecule has 3 heterocycles. The average Bonchev–Trinajstić information content (AvgIpc) is 3.07. The third kappa shape index (κ3) is 2.86. The molecule has 0 bridgehead atoms. The van der Waals surface area contributed by atoms with Crippen LogP contribution in [0.15, 0.2) is 12.4 Å². The van der Waals surface area contributed by atoms with Gasteiger partial charge in [-0.05, 0) is 23.7 Å². The van der Waals surface area contributed by atoms with Crippen molar-refractivity contribution in [2.75, 3.05) is 26.2 Å². The lowest BCUT2D eigenvalue weighted by Gasteiger charge is -2.41. The summed E-state index contributed by atoms with van der Waals surface area (Å²) in [6.07, 6.45) is 5.04. The molecule has 1 aromatic rings. The molecular weight excluding hydrogens is 356 g/mol. The highest BCUT2D eigenvalue weighted by Gasteiger charge is 2.69. The molecule has 2 aliphatic heterocycles. The predicted molar refractivity (Wildman–Crippen MR) is 104 cm³/mol. The van der Waals surface area contributed by atoms with Gasteiger partial charge in [-0.25, -0.2) is 4.98 Å². The van der Waals surface area contributed by atoms with Crippen LogP contribution in [-0.4, -0.2) is 62.9 Å². The standard InChI is InChI=1S/C21H32N4O3/c1-19(2)16(20(19,3)4)17(26)25-9-5-21(6-10-25)13-24(11-14(21)18(27)28)12-15-22-7-8-23-15/h7-8,14,16H,5-6,9-13H2,1-4H3,(H,22,23)(H,27,28). The fourth-order valence-corrected chi connectivity index (χ4v) is 5.80. The van der Waals surface area contributed by atoms with Crippen LogP contribution in [0.5, 0.6) is 0 Å². The molecule has 1 aliphatic carbocycles. The molecule has 0 radical (unpaired) electrons. The Kier molecular flexibility index (Phi) is 4.38. The van der Waals surface area contributed by atoms with Crippen molar-refractivity contribution in [2.24, 2.45) is 28.1 Å². The van der Waals surface area contributed by atoms with Gasteiger partial charge in [-0.15, -0.1) is 0 Å². The maximum Gasteiger partial charge on any atom is 0.308 e. The topological polar surface area (TPSA) is 89.5 Å². The lowest BCUT2D eigenvalue weighted by Crippen LogP contribution is -2.48. The molecule has 3 fully saturated rings. The van der Waals surface area contributed by atoms with Crippen LogP contribution < -0.4 is 0 Å². The van der Waals surface area contributed by atoms with E-state index in [1.54, 1.807) is 12.4 Å². The van der Waals surface area contributed by atoms with Crippen molar-refractivity contribution in [2.45, 2.75) is 47.1 Å². The van der Waals surface area contributed by atoms with Gasteiger partial charge in [-0.3, -0.25) is 14.5 Å². The van der Waals surface area contributed by atoms with Crippen LogP contribution in [-0.2, 0) is 16.1 Å². The number of hydrogen-bond donors (Lipinski definition) is 2. The highest BCUT2D eigenvalue weighted by Crippen LogP contribution is 2.69. The first-order valence-corrected chi connectivity index (χ1v) is 10.3. The third-order valence-corrected chi connectivity index (χ3v) is 8.28. The molecule has 7 heteroatoms. The average molecular weight is 389 g/mol. The SMILES string of the molecule is CC1(C)C(C(=O)N2CCC3(CC2)CN(Cc2ncc[nH]2)CC3C(=O)O)C1(C)C. The molecule has 28 heavy (non-hydrogen) atoms. The summed E-state index contributed by atoms with van der Waals surface area (Å²) in [6, 6.07) is 0. The largest absolute Gasteiger partial charge is 0.481 e. The third-order valence-electron chi connectivity index (χ3n) is 8.28. The Hall–Kier alpha value is -1.89. The van der Waals surface area contributed by atoms with Crippen LogP contribution in [0.3, 0.4) is 0 Å². The minimum absolute atomic E-state index is 0.0377. The Morgan fingerprint density at radius 1 is 1.21 bits per heavy atom. The van der Waals surface area contributed by atoms with Crippen LogP contribution in [0.4, 0.5) is 0 Å². The van der Waals surface area contributed by atoms with E-state index < -0.39 is 5.97 Å². The van der Waals surface area contributed by atoms with Gasteiger partial charge in [0.25, 0.3) is 0 Å². The van der Waals surface area contributed by atoms with Crippen molar-refractivity contribution in [3.8, 4) is 0 Å². The lowest BCUT2D eigenvalue weighted by atomic mass is 9.70. The molecule has 1 atom stereocenters. The normalized spacial score (nSPS) is 28.6. The summed E-state index contributed by atoms with van der Waals surface area (Å²) in [5.41, 5.74) is -0.171. The number of nitrogens with zero attached hydrogens (tertiary/aromatic N) is 3. The smallest absolute Gasteiger partial charge is 0.308 e. The van der Waals surface area contributed by atoms with Gasteiger partial charge in [0.2, 0.25) is 5.91 Å². The Labute approximate surface area is 166 Å². The number of carbonyl (C=O) groups excluding carboxylic acids is 1. The number of rotatable bonds is 4. The van der Waals surface area contributed by atoms with Gasteiger partial charge in [0.05, 0.1) is 12.5 Å². The first-order valence-electron chi connectivity index (χ1n) is 10.3. The van der Waals surface area contributed by atoms with Gasteiger partial charge in [-0.2, -0.15) is 0 Å². The molecule has 1 spiro atoms. The number of aromatic nitrogens is 2. The first-order chi connectivity index (χ1) is 13.1. The van der Waals surface area contributed by atoms with E-state index in [1.165, 1.54) is 0 Å². The van der Waals surface area contributed by atoms with Crippen molar-refractivity contribution in [3.05, 3.63) is 18.2 Å². The highest BCUT2D eigenvalue weighted by atomic mass is 16.4. The number of carboxylic acids is 1. The summed E-state index contributed by atoms with van der Waals surface area (Å²) in [5.74, 6) is 0.0946. The van der Waals surface area contributed by atoms with Crippen molar-refractivity contribution in [3.63, 3.8) is 0 Å². The number of imidazole rings is 1. The Morgan fingerprint density at radius 3 is 2.36 bits per heavy atom. The van der Waals surface area contributed by atoms with Gasteiger partial charge in [0.1, 0.15) is 5.82 Å². The molecule has 1 aromatic heterocycles.